The summed E-state index contributed by atoms with van der Waals surface area (Å²) in [6, 6.07) is 6.17. The van der Waals surface area contributed by atoms with Gasteiger partial charge >= 0.3 is 12.0 Å². The first-order valence-corrected chi connectivity index (χ1v) is 7.84. The van der Waals surface area contributed by atoms with Gasteiger partial charge in [0.05, 0.1) is 18.2 Å². The van der Waals surface area contributed by atoms with Crippen molar-refractivity contribution >= 4 is 12.0 Å². The zero-order valence-electron chi connectivity index (χ0n) is 14.3. The number of esters is 1. The fourth-order valence-corrected chi connectivity index (χ4v) is 2.45. The van der Waals surface area contributed by atoms with E-state index in [1.54, 1.807) is 31.2 Å². The fraction of sp³-hybridized carbons (Fsp3) is 0.333. The van der Waals surface area contributed by atoms with Gasteiger partial charge in [-0.1, -0.05) is 24.8 Å². The molecule has 7 nitrogen and oxygen atoms in total. The van der Waals surface area contributed by atoms with Gasteiger partial charge in [0.25, 0.3) is 0 Å². The van der Waals surface area contributed by atoms with Crippen molar-refractivity contribution in [2.45, 2.75) is 13.0 Å². The summed E-state index contributed by atoms with van der Waals surface area (Å²) in [5.41, 5.74) is 1.51. The van der Waals surface area contributed by atoms with Crippen molar-refractivity contribution in [1.82, 2.24) is 10.6 Å². The Kier molecular flexibility index (Phi) is 6.59. The third-order valence-corrected chi connectivity index (χ3v) is 3.57. The maximum absolute atomic E-state index is 12.5. The highest BCUT2D eigenvalue weighted by atomic mass is 16.6. The Balaban J connectivity index is 2.29. The summed E-state index contributed by atoms with van der Waals surface area (Å²) in [5.74, 6) is 0.111. The Morgan fingerprint density at radius 1 is 1.36 bits per heavy atom. The molecule has 1 atom stereocenters. The molecular formula is C18H22N2O5. The van der Waals surface area contributed by atoms with Gasteiger partial charge in [0.1, 0.15) is 19.0 Å². The van der Waals surface area contributed by atoms with Gasteiger partial charge in [-0.3, -0.25) is 0 Å². The number of rotatable bonds is 8. The van der Waals surface area contributed by atoms with Gasteiger partial charge in [-0.15, -0.1) is 0 Å². The van der Waals surface area contributed by atoms with Crippen LogP contribution in [0.4, 0.5) is 4.79 Å². The van der Waals surface area contributed by atoms with Gasteiger partial charge in [-0.05, 0) is 24.6 Å². The molecule has 0 radical (unpaired) electrons. The van der Waals surface area contributed by atoms with Crippen LogP contribution < -0.4 is 15.4 Å². The van der Waals surface area contributed by atoms with Crippen molar-refractivity contribution in [2.75, 3.05) is 26.9 Å². The van der Waals surface area contributed by atoms with Gasteiger partial charge in [0.2, 0.25) is 0 Å². The molecule has 25 heavy (non-hydrogen) atoms. The quantitative estimate of drug-likeness (QED) is 0.428. The topological polar surface area (TPSA) is 85.9 Å². The Morgan fingerprint density at radius 2 is 2.16 bits per heavy atom. The molecule has 0 spiro atoms. The number of allylic oxidation sites excluding steroid dienone is 1. The second kappa shape index (κ2) is 8.89. The minimum Gasteiger partial charge on any atom is -0.490 e. The number of carbonyl (C=O) groups excluding carboxylic acids is 2. The van der Waals surface area contributed by atoms with Gasteiger partial charge in [0.15, 0.2) is 0 Å². The van der Waals surface area contributed by atoms with Gasteiger partial charge in [-0.2, -0.15) is 0 Å². The summed E-state index contributed by atoms with van der Waals surface area (Å²) in [7, 11) is 1.53. The van der Waals surface area contributed by atoms with Gasteiger partial charge in [0, 0.05) is 12.8 Å². The second-order valence-corrected chi connectivity index (χ2v) is 5.37. The molecule has 0 aliphatic carbocycles. The number of ether oxygens (including phenoxy) is 3. The molecule has 7 heteroatoms. The lowest BCUT2D eigenvalue weighted by Crippen LogP contribution is -2.45. The highest BCUT2D eigenvalue weighted by Gasteiger charge is 2.32. The van der Waals surface area contributed by atoms with Crippen LogP contribution in [0.2, 0.25) is 0 Å². The molecule has 2 rings (SSSR count). The van der Waals surface area contributed by atoms with Crippen molar-refractivity contribution in [2.24, 2.45) is 0 Å². The lowest BCUT2D eigenvalue weighted by Gasteiger charge is -2.28. The summed E-state index contributed by atoms with van der Waals surface area (Å²) < 4.78 is 15.6. The molecule has 1 aliphatic heterocycles. The third-order valence-electron chi connectivity index (χ3n) is 3.57. The van der Waals surface area contributed by atoms with E-state index in [1.807, 2.05) is 6.07 Å². The zero-order valence-corrected chi connectivity index (χ0v) is 14.3. The van der Waals surface area contributed by atoms with E-state index in [2.05, 4.69) is 17.2 Å². The van der Waals surface area contributed by atoms with Gasteiger partial charge < -0.3 is 24.8 Å². The van der Waals surface area contributed by atoms with Crippen LogP contribution in [-0.4, -0.2) is 38.9 Å². The molecule has 2 N–H and O–H groups in total. The monoisotopic (exact) mass is 346 g/mol. The van der Waals surface area contributed by atoms with Crippen LogP contribution in [0.3, 0.4) is 0 Å². The standard InChI is InChI=1S/C18H22N2O5/c1-4-8-24-14-7-5-6-13(11-14)16-15(12(2)19-18(22)20-16)17(21)25-10-9-23-3/h4-7,11,16H,1,8-10H2,2-3H3,(H2,19,20,22)/t16-/m1/s1. The predicted molar refractivity (Wildman–Crippen MR) is 92.1 cm³/mol. The summed E-state index contributed by atoms with van der Waals surface area (Å²) >= 11 is 0. The largest absolute Gasteiger partial charge is 0.490 e. The Morgan fingerprint density at radius 3 is 2.88 bits per heavy atom. The van der Waals surface area contributed by atoms with Crippen molar-refractivity contribution < 1.29 is 23.8 Å². The average Bonchev–Trinajstić information content (AvgIpc) is 2.59. The minimum absolute atomic E-state index is 0.134. The van der Waals surface area contributed by atoms with E-state index in [0.717, 1.165) is 5.56 Å². The normalized spacial score (nSPS) is 16.7. The van der Waals surface area contributed by atoms with Crippen LogP contribution in [0.25, 0.3) is 0 Å². The summed E-state index contributed by atoms with van der Waals surface area (Å²) in [6.07, 6.45) is 1.64. The number of benzene rings is 1. The molecule has 0 saturated carbocycles. The SMILES string of the molecule is C=CCOc1cccc([C@H]2NC(=O)NC(C)=C2C(=O)OCCOC)c1. The van der Waals surface area contributed by atoms with Crippen LogP contribution in [0.5, 0.6) is 5.75 Å². The van der Waals surface area contributed by atoms with E-state index in [9.17, 15) is 9.59 Å². The Bertz CT molecular complexity index is 684. The first-order valence-electron chi connectivity index (χ1n) is 7.84. The van der Waals surface area contributed by atoms with Crippen LogP contribution in [0, 0.1) is 0 Å². The van der Waals surface area contributed by atoms with Crippen molar-refractivity contribution in [3.05, 3.63) is 53.8 Å². The molecule has 2 amide bonds. The van der Waals surface area contributed by atoms with Crippen molar-refractivity contribution in [1.29, 1.82) is 0 Å². The molecule has 0 saturated heterocycles. The van der Waals surface area contributed by atoms with Crippen molar-refractivity contribution in [3.8, 4) is 5.75 Å². The van der Waals surface area contributed by atoms with E-state index >= 15 is 0 Å². The number of carbonyl (C=O) groups is 2. The first kappa shape index (κ1) is 18.5. The Hall–Kier alpha value is -2.80. The Labute approximate surface area is 146 Å². The average molecular weight is 346 g/mol. The molecule has 0 bridgehead atoms. The highest BCUT2D eigenvalue weighted by molar-refractivity contribution is 5.95. The highest BCUT2D eigenvalue weighted by Crippen LogP contribution is 2.29. The predicted octanol–water partition coefficient (Wildman–Crippen LogP) is 2.07. The van der Waals surface area contributed by atoms with Gasteiger partial charge in [-0.25, -0.2) is 9.59 Å². The van der Waals surface area contributed by atoms with Crippen LogP contribution >= 0.6 is 0 Å². The van der Waals surface area contributed by atoms with E-state index in [1.165, 1.54) is 7.11 Å². The van der Waals surface area contributed by atoms with Crippen LogP contribution in [0.1, 0.15) is 18.5 Å². The molecule has 1 aromatic rings. The summed E-state index contributed by atoms with van der Waals surface area (Å²) in [4.78, 5) is 24.3. The summed E-state index contributed by atoms with van der Waals surface area (Å²) in [5, 5.41) is 5.35. The van der Waals surface area contributed by atoms with Crippen molar-refractivity contribution in [3.63, 3.8) is 0 Å². The maximum Gasteiger partial charge on any atom is 0.338 e. The number of hydrogen-bond donors (Lipinski definition) is 2. The molecule has 0 fully saturated rings. The van der Waals surface area contributed by atoms with E-state index in [-0.39, 0.29) is 12.6 Å². The van der Waals surface area contributed by atoms with Crippen LogP contribution in [0.15, 0.2) is 48.2 Å². The number of methoxy groups -OCH3 is 1. The lowest BCUT2D eigenvalue weighted by atomic mass is 9.95. The maximum atomic E-state index is 12.5. The minimum atomic E-state index is -0.629. The van der Waals surface area contributed by atoms with E-state index in [4.69, 9.17) is 14.2 Å². The molecule has 1 aromatic carbocycles. The molecule has 0 aromatic heterocycles. The van der Waals surface area contributed by atoms with E-state index in [0.29, 0.717) is 30.2 Å². The number of nitrogens with one attached hydrogen (secondary N) is 2. The fourth-order valence-electron chi connectivity index (χ4n) is 2.45. The summed E-state index contributed by atoms with van der Waals surface area (Å²) in [6.45, 7) is 6.07. The molecule has 0 unspecified atom stereocenters. The van der Waals surface area contributed by atoms with E-state index < -0.39 is 12.0 Å². The molecule has 1 heterocycles. The molecule has 134 valence electrons. The number of urea groups is 1. The smallest absolute Gasteiger partial charge is 0.338 e. The lowest BCUT2D eigenvalue weighted by molar-refractivity contribution is -0.140. The molecule has 1 aliphatic rings. The molecular weight excluding hydrogens is 324 g/mol. The second-order valence-electron chi connectivity index (χ2n) is 5.37. The zero-order chi connectivity index (χ0) is 18.2. The number of hydrogen-bond acceptors (Lipinski definition) is 5. The van der Waals surface area contributed by atoms with Crippen LogP contribution in [-0.2, 0) is 14.3 Å². The third kappa shape index (κ3) is 4.84. The number of amides is 2. The first-order chi connectivity index (χ1) is 12.1.